The first kappa shape index (κ1) is 18.6. The van der Waals surface area contributed by atoms with Crippen molar-refractivity contribution in [1.29, 1.82) is 0 Å². The second kappa shape index (κ2) is 7.69. The number of nitrogens with zero attached hydrogens (tertiary/aromatic N) is 1. The summed E-state index contributed by atoms with van der Waals surface area (Å²) < 4.78 is 27.0. The molecule has 140 valence electrons. The zero-order valence-electron chi connectivity index (χ0n) is 14.4. The molecule has 0 radical (unpaired) electrons. The van der Waals surface area contributed by atoms with Crippen molar-refractivity contribution in [1.82, 2.24) is 0 Å². The Kier molecular flexibility index (Phi) is 5.11. The third-order valence-electron chi connectivity index (χ3n) is 4.20. The van der Waals surface area contributed by atoms with Crippen molar-refractivity contribution in [3.8, 4) is 0 Å². The van der Waals surface area contributed by atoms with Crippen molar-refractivity contribution in [3.05, 3.63) is 93.0 Å². The Hall–Kier alpha value is -2.77. The van der Waals surface area contributed by atoms with E-state index in [-0.39, 0.29) is 5.69 Å². The van der Waals surface area contributed by atoms with E-state index >= 15 is 0 Å². The largest absolute Gasteiger partial charge is 0.272 e. The van der Waals surface area contributed by atoms with Gasteiger partial charge in [-0.05, 0) is 29.1 Å². The number of carbonyl (C=O) groups is 2. The summed E-state index contributed by atoms with van der Waals surface area (Å²) in [4.78, 5) is 28.0. The molecular weight excluding hydrogens is 400 g/mol. The zero-order chi connectivity index (χ0) is 19.7. The molecule has 2 aromatic carbocycles. The minimum Gasteiger partial charge on any atom is -0.268 e. The van der Waals surface area contributed by atoms with E-state index in [0.29, 0.717) is 21.1 Å². The van der Waals surface area contributed by atoms with Crippen LogP contribution in [0.15, 0.2) is 70.9 Å². The number of carbonyl (C=O) groups excluding carboxylic acids is 2. The minimum atomic E-state index is -1.11. The van der Waals surface area contributed by atoms with Crippen LogP contribution in [0.2, 0.25) is 0 Å². The average molecular weight is 413 g/mol. The van der Waals surface area contributed by atoms with E-state index in [1.807, 2.05) is 35.7 Å². The van der Waals surface area contributed by atoms with Crippen LogP contribution >= 0.6 is 23.1 Å². The smallest absolute Gasteiger partial charge is 0.268 e. The Labute approximate surface area is 168 Å². The maximum Gasteiger partial charge on any atom is 0.272 e. The van der Waals surface area contributed by atoms with Crippen LogP contribution < -0.4 is 4.90 Å². The molecule has 28 heavy (non-hydrogen) atoms. The van der Waals surface area contributed by atoms with Gasteiger partial charge in [-0.15, -0.1) is 23.1 Å². The minimum absolute atomic E-state index is 0.0123. The Bertz CT molecular complexity index is 1080. The highest BCUT2D eigenvalue weighted by atomic mass is 32.2. The SMILES string of the molecule is O=C1C(SCc2ccccc2)=C(c2cccs2)C(=O)N1c1ccc(F)c(F)c1. The van der Waals surface area contributed by atoms with Gasteiger partial charge in [0.25, 0.3) is 11.8 Å². The summed E-state index contributed by atoms with van der Waals surface area (Å²) in [6, 6.07) is 16.1. The molecule has 0 atom stereocenters. The van der Waals surface area contributed by atoms with Gasteiger partial charge in [0.1, 0.15) is 0 Å². The number of thiophene rings is 1. The van der Waals surface area contributed by atoms with Gasteiger partial charge in [0, 0.05) is 16.7 Å². The third kappa shape index (κ3) is 3.39. The highest BCUT2D eigenvalue weighted by Crippen LogP contribution is 2.41. The van der Waals surface area contributed by atoms with E-state index < -0.39 is 23.4 Å². The monoisotopic (exact) mass is 413 g/mol. The van der Waals surface area contributed by atoms with E-state index in [1.54, 1.807) is 12.1 Å². The van der Waals surface area contributed by atoms with Crippen LogP contribution in [0.4, 0.5) is 14.5 Å². The normalized spacial score (nSPS) is 14.3. The molecule has 7 heteroatoms. The Morgan fingerprint density at radius 3 is 2.36 bits per heavy atom. The first-order chi connectivity index (χ1) is 13.6. The molecule has 3 aromatic rings. The average Bonchev–Trinajstić information content (AvgIpc) is 3.30. The van der Waals surface area contributed by atoms with E-state index in [0.717, 1.165) is 22.6 Å². The fourth-order valence-corrected chi connectivity index (χ4v) is 4.76. The van der Waals surface area contributed by atoms with Crippen LogP contribution in [0.1, 0.15) is 10.4 Å². The number of anilines is 1. The number of rotatable bonds is 5. The second-order valence-corrected chi connectivity index (χ2v) is 7.93. The van der Waals surface area contributed by atoms with E-state index in [9.17, 15) is 18.4 Å². The Balaban J connectivity index is 1.72. The summed E-state index contributed by atoms with van der Waals surface area (Å²) in [5.41, 5.74) is 1.32. The fourth-order valence-electron chi connectivity index (χ4n) is 2.87. The molecule has 1 aliphatic heterocycles. The Morgan fingerprint density at radius 2 is 1.68 bits per heavy atom. The number of hydrogen-bond donors (Lipinski definition) is 0. The van der Waals surface area contributed by atoms with Gasteiger partial charge < -0.3 is 0 Å². The molecule has 0 fully saturated rings. The second-order valence-electron chi connectivity index (χ2n) is 6.00. The molecule has 3 nitrogen and oxygen atoms in total. The maximum atomic E-state index is 13.7. The van der Waals surface area contributed by atoms with E-state index in [4.69, 9.17) is 0 Å². The third-order valence-corrected chi connectivity index (χ3v) is 6.23. The lowest BCUT2D eigenvalue weighted by Gasteiger charge is -2.15. The highest BCUT2D eigenvalue weighted by Gasteiger charge is 2.40. The topological polar surface area (TPSA) is 37.4 Å². The lowest BCUT2D eigenvalue weighted by molar-refractivity contribution is -0.119. The first-order valence-corrected chi connectivity index (χ1v) is 10.2. The summed E-state index contributed by atoms with van der Waals surface area (Å²) in [5, 5.41) is 1.82. The lowest BCUT2D eigenvalue weighted by atomic mass is 10.2. The van der Waals surface area contributed by atoms with Crippen LogP contribution in [0.3, 0.4) is 0 Å². The quantitative estimate of drug-likeness (QED) is 0.537. The van der Waals surface area contributed by atoms with Crippen LogP contribution in [-0.4, -0.2) is 11.8 Å². The van der Waals surface area contributed by atoms with Crippen LogP contribution in [-0.2, 0) is 15.3 Å². The summed E-state index contributed by atoms with van der Waals surface area (Å²) in [7, 11) is 0. The van der Waals surface area contributed by atoms with Crippen molar-refractivity contribution in [2.75, 3.05) is 4.90 Å². The van der Waals surface area contributed by atoms with Crippen LogP contribution in [0.5, 0.6) is 0 Å². The summed E-state index contributed by atoms with van der Waals surface area (Å²) in [6.45, 7) is 0. The van der Waals surface area contributed by atoms with Gasteiger partial charge >= 0.3 is 0 Å². The van der Waals surface area contributed by atoms with Gasteiger partial charge in [-0.1, -0.05) is 36.4 Å². The van der Waals surface area contributed by atoms with Crippen LogP contribution in [0, 0.1) is 11.6 Å². The number of amides is 2. The summed E-state index contributed by atoms with van der Waals surface area (Å²) in [6.07, 6.45) is 0. The first-order valence-electron chi connectivity index (χ1n) is 8.35. The maximum absolute atomic E-state index is 13.7. The molecule has 0 saturated carbocycles. The van der Waals surface area contributed by atoms with Crippen molar-refractivity contribution < 1.29 is 18.4 Å². The number of imide groups is 1. The van der Waals surface area contributed by atoms with Gasteiger partial charge in [0.2, 0.25) is 0 Å². The molecule has 0 N–H and O–H groups in total. The molecule has 0 spiro atoms. The number of hydrogen-bond acceptors (Lipinski definition) is 4. The van der Waals surface area contributed by atoms with Crippen LogP contribution in [0.25, 0.3) is 5.57 Å². The Morgan fingerprint density at radius 1 is 0.893 bits per heavy atom. The van der Waals surface area contributed by atoms with Crippen molar-refractivity contribution in [2.24, 2.45) is 0 Å². The van der Waals surface area contributed by atoms with Gasteiger partial charge in [-0.3, -0.25) is 9.59 Å². The molecule has 1 aromatic heterocycles. The summed E-state index contributed by atoms with van der Waals surface area (Å²) in [5.74, 6) is -2.70. The number of benzene rings is 2. The fraction of sp³-hybridized carbons (Fsp3) is 0.0476. The highest BCUT2D eigenvalue weighted by molar-refractivity contribution is 8.03. The van der Waals surface area contributed by atoms with Crippen molar-refractivity contribution >= 4 is 46.2 Å². The molecule has 4 rings (SSSR count). The van der Waals surface area contributed by atoms with E-state index in [1.165, 1.54) is 29.2 Å². The van der Waals surface area contributed by atoms with Crippen molar-refractivity contribution in [2.45, 2.75) is 5.75 Å². The summed E-state index contributed by atoms with van der Waals surface area (Å²) >= 11 is 2.62. The molecule has 0 bridgehead atoms. The number of thioether (sulfide) groups is 1. The molecule has 0 unspecified atom stereocenters. The zero-order valence-corrected chi connectivity index (χ0v) is 16.0. The molecule has 0 saturated heterocycles. The standard InChI is InChI=1S/C21H13F2NO2S2/c22-15-9-8-14(11-16(15)23)24-20(25)18(17-7-4-10-27-17)19(21(24)26)28-12-13-5-2-1-3-6-13/h1-11H,12H2. The molecule has 0 aliphatic carbocycles. The lowest BCUT2D eigenvalue weighted by Crippen LogP contribution is -2.31. The molecule has 1 aliphatic rings. The predicted molar refractivity (Wildman–Crippen MR) is 108 cm³/mol. The predicted octanol–water partition coefficient (Wildman–Crippen LogP) is 5.24. The van der Waals surface area contributed by atoms with E-state index in [2.05, 4.69) is 0 Å². The van der Waals surface area contributed by atoms with Gasteiger partial charge in [0.15, 0.2) is 11.6 Å². The van der Waals surface area contributed by atoms with Crippen molar-refractivity contribution in [3.63, 3.8) is 0 Å². The van der Waals surface area contributed by atoms with Gasteiger partial charge in [-0.25, -0.2) is 13.7 Å². The molecular formula is C21H13F2NO2S2. The molecule has 2 heterocycles. The van der Waals surface area contributed by atoms with Gasteiger partial charge in [-0.2, -0.15) is 0 Å². The number of halogens is 2. The molecule has 2 amide bonds. The van der Waals surface area contributed by atoms with Gasteiger partial charge in [0.05, 0.1) is 16.2 Å².